The van der Waals surface area contributed by atoms with Gasteiger partial charge in [-0.25, -0.2) is 4.79 Å². The number of nitrogens with zero attached hydrogens (tertiary/aromatic N) is 3. The van der Waals surface area contributed by atoms with Crippen LogP contribution in [0.1, 0.15) is 30.0 Å². The van der Waals surface area contributed by atoms with E-state index in [1.807, 2.05) is 35.4 Å². The predicted octanol–water partition coefficient (Wildman–Crippen LogP) is 3.12. The molecule has 1 aliphatic rings. The molecule has 0 bridgehead atoms. The Morgan fingerprint density at radius 1 is 1.25 bits per heavy atom. The Bertz CT molecular complexity index is 624. The first-order valence-corrected chi connectivity index (χ1v) is 9.35. The molecule has 1 saturated heterocycles. The number of urea groups is 1. The molecule has 3 heterocycles. The number of amides is 2. The van der Waals surface area contributed by atoms with Crippen molar-refractivity contribution in [3.05, 3.63) is 52.5 Å². The molecule has 6 heteroatoms. The van der Waals surface area contributed by atoms with E-state index < -0.39 is 0 Å². The van der Waals surface area contributed by atoms with Crippen LogP contribution in [0.4, 0.5) is 4.79 Å². The summed E-state index contributed by atoms with van der Waals surface area (Å²) in [7, 11) is 0. The van der Waals surface area contributed by atoms with Crippen LogP contribution in [0, 0.1) is 0 Å². The first-order chi connectivity index (χ1) is 11.8. The summed E-state index contributed by atoms with van der Waals surface area (Å²) >= 11 is 1.70. The van der Waals surface area contributed by atoms with E-state index in [2.05, 4.69) is 33.6 Å². The van der Waals surface area contributed by atoms with Gasteiger partial charge < -0.3 is 10.2 Å². The standard InChI is InChI=1S/C18H24N4OS/c1-2-16(17-7-5-13-24-17)20-18(23)22-11-9-21(10-12-22)14-15-6-3-4-8-19-15/h3-8,13,16H,2,9-12,14H2,1H3,(H,20,23)/t16-/m1/s1. The van der Waals surface area contributed by atoms with Crippen LogP contribution in [0.5, 0.6) is 0 Å². The molecule has 24 heavy (non-hydrogen) atoms. The number of thiophene rings is 1. The minimum atomic E-state index is 0.0488. The van der Waals surface area contributed by atoms with E-state index in [1.165, 1.54) is 4.88 Å². The van der Waals surface area contributed by atoms with E-state index in [4.69, 9.17) is 0 Å². The highest BCUT2D eigenvalue weighted by Gasteiger charge is 2.23. The summed E-state index contributed by atoms with van der Waals surface area (Å²) in [6.45, 7) is 6.26. The van der Waals surface area contributed by atoms with Crippen molar-refractivity contribution in [2.45, 2.75) is 25.9 Å². The number of pyridine rings is 1. The summed E-state index contributed by atoms with van der Waals surface area (Å²) < 4.78 is 0. The van der Waals surface area contributed by atoms with E-state index >= 15 is 0 Å². The van der Waals surface area contributed by atoms with Crippen LogP contribution in [0.2, 0.25) is 0 Å². The second-order valence-electron chi connectivity index (χ2n) is 6.01. The van der Waals surface area contributed by atoms with Crippen molar-refractivity contribution in [3.63, 3.8) is 0 Å². The first-order valence-electron chi connectivity index (χ1n) is 8.47. The van der Waals surface area contributed by atoms with Crippen LogP contribution in [-0.2, 0) is 6.54 Å². The molecule has 5 nitrogen and oxygen atoms in total. The lowest BCUT2D eigenvalue weighted by Crippen LogP contribution is -2.51. The van der Waals surface area contributed by atoms with Crippen molar-refractivity contribution in [2.75, 3.05) is 26.2 Å². The average molecular weight is 344 g/mol. The van der Waals surface area contributed by atoms with E-state index in [0.29, 0.717) is 0 Å². The highest BCUT2D eigenvalue weighted by atomic mass is 32.1. The maximum atomic E-state index is 12.5. The van der Waals surface area contributed by atoms with Gasteiger partial charge in [-0.1, -0.05) is 19.1 Å². The Balaban J connectivity index is 1.48. The first kappa shape index (κ1) is 16.9. The fourth-order valence-electron chi connectivity index (χ4n) is 2.93. The topological polar surface area (TPSA) is 48.5 Å². The molecule has 128 valence electrons. The molecule has 2 aromatic rings. The second kappa shape index (κ2) is 8.26. The molecular weight excluding hydrogens is 320 g/mol. The number of carbonyl (C=O) groups excluding carboxylic acids is 1. The molecule has 0 aliphatic carbocycles. The van der Waals surface area contributed by atoms with Crippen LogP contribution in [0.25, 0.3) is 0 Å². The number of aromatic nitrogens is 1. The summed E-state index contributed by atoms with van der Waals surface area (Å²) in [6.07, 6.45) is 2.74. The molecular formula is C18H24N4OS. The highest BCUT2D eigenvalue weighted by Crippen LogP contribution is 2.22. The molecule has 1 atom stereocenters. The Hall–Kier alpha value is -1.92. The molecule has 0 radical (unpaired) electrons. The van der Waals surface area contributed by atoms with Crippen molar-refractivity contribution in [2.24, 2.45) is 0 Å². The fourth-order valence-corrected chi connectivity index (χ4v) is 3.80. The van der Waals surface area contributed by atoms with Gasteiger partial charge in [0.1, 0.15) is 0 Å². The van der Waals surface area contributed by atoms with Gasteiger partial charge in [-0.15, -0.1) is 11.3 Å². The van der Waals surface area contributed by atoms with Gasteiger partial charge in [0.15, 0.2) is 0 Å². The number of hydrogen-bond acceptors (Lipinski definition) is 4. The smallest absolute Gasteiger partial charge is 0.317 e. The van der Waals surface area contributed by atoms with Crippen LogP contribution in [0.3, 0.4) is 0 Å². The van der Waals surface area contributed by atoms with Crippen molar-refractivity contribution < 1.29 is 4.79 Å². The molecule has 3 rings (SSSR count). The Morgan fingerprint density at radius 2 is 2.08 bits per heavy atom. The largest absolute Gasteiger partial charge is 0.330 e. The zero-order valence-electron chi connectivity index (χ0n) is 14.0. The summed E-state index contributed by atoms with van der Waals surface area (Å²) in [6, 6.07) is 10.3. The second-order valence-corrected chi connectivity index (χ2v) is 6.99. The van der Waals surface area contributed by atoms with E-state index in [1.54, 1.807) is 11.3 Å². The summed E-state index contributed by atoms with van der Waals surface area (Å²) in [5.41, 5.74) is 1.08. The lowest BCUT2D eigenvalue weighted by Gasteiger charge is -2.35. The summed E-state index contributed by atoms with van der Waals surface area (Å²) in [5.74, 6) is 0. The van der Waals surface area contributed by atoms with Gasteiger partial charge in [-0.2, -0.15) is 0 Å². The van der Waals surface area contributed by atoms with Gasteiger partial charge in [0.05, 0.1) is 11.7 Å². The number of rotatable bonds is 5. The van der Waals surface area contributed by atoms with E-state index in [9.17, 15) is 4.79 Å². The minimum Gasteiger partial charge on any atom is -0.330 e. The molecule has 0 aromatic carbocycles. The normalized spacial score (nSPS) is 16.8. The maximum Gasteiger partial charge on any atom is 0.317 e. The summed E-state index contributed by atoms with van der Waals surface area (Å²) in [5, 5.41) is 5.23. The van der Waals surface area contributed by atoms with Crippen LogP contribution in [0.15, 0.2) is 41.9 Å². The van der Waals surface area contributed by atoms with Crippen molar-refractivity contribution in [1.29, 1.82) is 0 Å². The van der Waals surface area contributed by atoms with Gasteiger partial charge in [0, 0.05) is 43.8 Å². The Morgan fingerprint density at radius 3 is 2.71 bits per heavy atom. The van der Waals surface area contributed by atoms with Gasteiger partial charge in [0.25, 0.3) is 0 Å². The molecule has 0 saturated carbocycles. The number of nitrogens with one attached hydrogen (secondary N) is 1. The molecule has 1 N–H and O–H groups in total. The maximum absolute atomic E-state index is 12.5. The Kier molecular flexibility index (Phi) is 5.82. The Labute approximate surface area is 147 Å². The quantitative estimate of drug-likeness (QED) is 0.906. The third kappa shape index (κ3) is 4.33. The lowest BCUT2D eigenvalue weighted by molar-refractivity contribution is 0.132. The highest BCUT2D eigenvalue weighted by molar-refractivity contribution is 7.10. The average Bonchev–Trinajstić information content (AvgIpc) is 3.15. The fraction of sp³-hybridized carbons (Fsp3) is 0.444. The van der Waals surface area contributed by atoms with Gasteiger partial charge in [0.2, 0.25) is 0 Å². The molecule has 0 unspecified atom stereocenters. The molecule has 2 aromatic heterocycles. The lowest BCUT2D eigenvalue weighted by atomic mass is 10.2. The van der Waals surface area contributed by atoms with Crippen molar-refractivity contribution in [1.82, 2.24) is 20.1 Å². The van der Waals surface area contributed by atoms with Gasteiger partial charge in [-0.05, 0) is 30.0 Å². The molecule has 1 aliphatic heterocycles. The number of hydrogen-bond donors (Lipinski definition) is 1. The monoisotopic (exact) mass is 344 g/mol. The number of carbonyl (C=O) groups is 1. The third-order valence-electron chi connectivity index (χ3n) is 4.36. The number of piperazine rings is 1. The van der Waals surface area contributed by atoms with Gasteiger partial charge in [-0.3, -0.25) is 9.88 Å². The van der Waals surface area contributed by atoms with Crippen LogP contribution < -0.4 is 5.32 Å². The van der Waals surface area contributed by atoms with Crippen molar-refractivity contribution >= 4 is 17.4 Å². The van der Waals surface area contributed by atoms with E-state index in [-0.39, 0.29) is 12.1 Å². The minimum absolute atomic E-state index is 0.0488. The van der Waals surface area contributed by atoms with E-state index in [0.717, 1.165) is 44.8 Å². The summed E-state index contributed by atoms with van der Waals surface area (Å²) in [4.78, 5) is 22.4. The predicted molar refractivity (Wildman–Crippen MR) is 97.0 cm³/mol. The van der Waals surface area contributed by atoms with Gasteiger partial charge >= 0.3 is 6.03 Å². The zero-order valence-corrected chi connectivity index (χ0v) is 14.8. The molecule has 1 fully saturated rings. The SMILES string of the molecule is CC[C@@H](NC(=O)N1CCN(Cc2ccccn2)CC1)c1cccs1. The van der Waals surface area contributed by atoms with Crippen LogP contribution in [-0.4, -0.2) is 47.0 Å². The zero-order chi connectivity index (χ0) is 16.8. The molecule has 0 spiro atoms. The third-order valence-corrected chi connectivity index (χ3v) is 5.35. The van der Waals surface area contributed by atoms with Crippen LogP contribution >= 0.6 is 11.3 Å². The molecule has 2 amide bonds. The van der Waals surface area contributed by atoms with Crippen molar-refractivity contribution in [3.8, 4) is 0 Å².